The molecule has 3 aromatic rings. The second-order valence-corrected chi connectivity index (χ2v) is 14.0. The second-order valence-electron chi connectivity index (χ2n) is 14.0. The minimum atomic E-state index is -1.63. The molecule has 3 aromatic carbocycles. The molecule has 0 saturated carbocycles. The Kier molecular flexibility index (Phi) is 16.8. The van der Waals surface area contributed by atoms with Crippen molar-refractivity contribution in [2.24, 2.45) is 0 Å². The molecular formula is C43H51NO16. The number of carbonyl (C=O) groups excluding carboxylic acids is 5. The smallest absolute Gasteiger partial charge is 0.303 e. The van der Waals surface area contributed by atoms with Crippen molar-refractivity contribution in [2.75, 3.05) is 20.3 Å². The molecule has 2 aliphatic heterocycles. The van der Waals surface area contributed by atoms with E-state index in [0.717, 1.165) is 31.9 Å². The molecule has 0 spiro atoms. The molecule has 10 unspecified atom stereocenters. The van der Waals surface area contributed by atoms with Gasteiger partial charge in [-0.05, 0) is 35.4 Å². The lowest BCUT2D eigenvalue weighted by molar-refractivity contribution is -0.349. The standard InChI is InChI=1S/C43H51NO16/c1-25(45)44-36-39(53-22-31-15-11-8-12-16-31)37(34(23-51-21-30-13-9-7-10-14-30)58-42(36)57-33-19-17-32(50-6)18-20-33)60-43-41(56-29(5)49)40(55-28(4)48)38(54-27(3)47)35(59-43)24-52-26(2)46/h7-20,34-43H,21-24H2,1-6H3,(H,44,45). The summed E-state index contributed by atoms with van der Waals surface area (Å²) in [4.78, 5) is 62.6. The van der Waals surface area contributed by atoms with E-state index in [0.29, 0.717) is 11.5 Å². The molecule has 0 aromatic heterocycles. The SMILES string of the molecule is COc1ccc(OC2OC(COCc3ccccc3)C(OC3OC(COC(C)=O)C(OC(C)=O)C(OC(C)=O)C3OC(C)=O)C(OCc3ccccc3)C2NC(C)=O)cc1. The molecule has 2 fully saturated rings. The normalized spacial score (nSPS) is 26.2. The summed E-state index contributed by atoms with van der Waals surface area (Å²) in [5.74, 6) is -2.61. The molecule has 0 radical (unpaired) electrons. The maximum Gasteiger partial charge on any atom is 0.303 e. The molecule has 17 nitrogen and oxygen atoms in total. The van der Waals surface area contributed by atoms with Gasteiger partial charge in [0.25, 0.3) is 0 Å². The van der Waals surface area contributed by atoms with Crippen LogP contribution in [0.4, 0.5) is 0 Å². The van der Waals surface area contributed by atoms with Gasteiger partial charge in [-0.2, -0.15) is 0 Å². The Morgan fingerprint density at radius 3 is 1.67 bits per heavy atom. The lowest BCUT2D eigenvalue weighted by Crippen LogP contribution is -2.69. The molecule has 1 amide bonds. The zero-order chi connectivity index (χ0) is 43.2. The van der Waals surface area contributed by atoms with Crippen LogP contribution in [0, 0.1) is 0 Å². The largest absolute Gasteiger partial charge is 0.497 e. The van der Waals surface area contributed by atoms with Crippen molar-refractivity contribution < 1.29 is 76.1 Å². The van der Waals surface area contributed by atoms with Gasteiger partial charge in [-0.3, -0.25) is 24.0 Å². The first-order chi connectivity index (χ1) is 28.8. The average Bonchev–Trinajstić information content (AvgIpc) is 3.20. The summed E-state index contributed by atoms with van der Waals surface area (Å²) < 4.78 is 66.5. The van der Waals surface area contributed by atoms with Gasteiger partial charge >= 0.3 is 23.9 Å². The first kappa shape index (κ1) is 45.5. The number of methoxy groups -OCH3 is 1. The zero-order valence-corrected chi connectivity index (χ0v) is 34.2. The predicted octanol–water partition coefficient (Wildman–Crippen LogP) is 3.57. The van der Waals surface area contributed by atoms with Crippen molar-refractivity contribution in [3.63, 3.8) is 0 Å². The van der Waals surface area contributed by atoms with Crippen molar-refractivity contribution >= 4 is 29.8 Å². The monoisotopic (exact) mass is 837 g/mol. The fraction of sp³-hybridized carbons (Fsp3) is 0.465. The number of rotatable bonds is 18. The summed E-state index contributed by atoms with van der Waals surface area (Å²) in [7, 11) is 1.54. The third kappa shape index (κ3) is 13.2. The number of carbonyl (C=O) groups is 5. The molecule has 5 rings (SSSR count). The Balaban J connectivity index is 1.60. The van der Waals surface area contributed by atoms with E-state index in [1.165, 1.54) is 21.0 Å². The minimum absolute atomic E-state index is 0.0207. The van der Waals surface area contributed by atoms with Crippen LogP contribution in [0.5, 0.6) is 11.5 Å². The molecule has 10 atom stereocenters. The Morgan fingerprint density at radius 2 is 1.10 bits per heavy atom. The van der Waals surface area contributed by atoms with Gasteiger partial charge in [-0.15, -0.1) is 0 Å². The highest BCUT2D eigenvalue weighted by molar-refractivity contribution is 5.73. The van der Waals surface area contributed by atoms with Crippen molar-refractivity contribution in [2.45, 2.75) is 109 Å². The molecule has 0 bridgehead atoms. The summed E-state index contributed by atoms with van der Waals surface area (Å²) in [5, 5.41) is 2.91. The highest BCUT2D eigenvalue weighted by Gasteiger charge is 2.56. The van der Waals surface area contributed by atoms with Crippen molar-refractivity contribution in [1.29, 1.82) is 0 Å². The van der Waals surface area contributed by atoms with E-state index in [1.807, 2.05) is 60.7 Å². The van der Waals surface area contributed by atoms with E-state index in [9.17, 15) is 24.0 Å². The van der Waals surface area contributed by atoms with Crippen LogP contribution in [0.15, 0.2) is 84.9 Å². The number of esters is 4. The fourth-order valence-electron chi connectivity index (χ4n) is 6.76. The Labute approximate surface area is 347 Å². The number of hydrogen-bond donors (Lipinski definition) is 1. The average molecular weight is 838 g/mol. The van der Waals surface area contributed by atoms with Gasteiger partial charge < -0.3 is 57.4 Å². The minimum Gasteiger partial charge on any atom is -0.497 e. The zero-order valence-electron chi connectivity index (χ0n) is 34.2. The highest BCUT2D eigenvalue weighted by atomic mass is 16.8. The Hall–Kier alpha value is -5.59. The van der Waals surface area contributed by atoms with E-state index in [4.69, 9.17) is 52.1 Å². The predicted molar refractivity (Wildman–Crippen MR) is 208 cm³/mol. The van der Waals surface area contributed by atoms with Crippen LogP contribution in [0.1, 0.15) is 45.7 Å². The van der Waals surface area contributed by atoms with Crippen molar-refractivity contribution in [3.05, 3.63) is 96.1 Å². The third-order valence-electron chi connectivity index (χ3n) is 9.25. The molecule has 2 saturated heterocycles. The summed E-state index contributed by atoms with van der Waals surface area (Å²) in [6.45, 7) is 5.43. The molecule has 1 N–H and O–H groups in total. The molecule has 2 heterocycles. The molecule has 324 valence electrons. The van der Waals surface area contributed by atoms with Crippen LogP contribution in [-0.2, 0) is 79.8 Å². The van der Waals surface area contributed by atoms with E-state index in [1.54, 1.807) is 24.3 Å². The van der Waals surface area contributed by atoms with E-state index in [-0.39, 0.29) is 19.8 Å². The van der Waals surface area contributed by atoms with Gasteiger partial charge in [-0.1, -0.05) is 60.7 Å². The lowest BCUT2D eigenvalue weighted by atomic mass is 9.94. The van der Waals surface area contributed by atoms with Crippen LogP contribution in [0.25, 0.3) is 0 Å². The number of hydrogen-bond acceptors (Lipinski definition) is 16. The lowest BCUT2D eigenvalue weighted by Gasteiger charge is -2.49. The maximum atomic E-state index is 13.0. The molecule has 0 aliphatic carbocycles. The number of amides is 1. The summed E-state index contributed by atoms with van der Waals surface area (Å²) >= 11 is 0. The molecule has 2 aliphatic rings. The first-order valence-corrected chi connectivity index (χ1v) is 19.3. The topological polar surface area (TPSA) is 199 Å². The third-order valence-corrected chi connectivity index (χ3v) is 9.25. The molecule has 17 heteroatoms. The number of benzene rings is 3. The van der Waals surface area contributed by atoms with Crippen LogP contribution < -0.4 is 14.8 Å². The number of ether oxygens (including phenoxy) is 11. The van der Waals surface area contributed by atoms with Gasteiger partial charge in [0.15, 0.2) is 24.6 Å². The van der Waals surface area contributed by atoms with Crippen molar-refractivity contribution in [3.8, 4) is 11.5 Å². The maximum absolute atomic E-state index is 13.0. The van der Waals surface area contributed by atoms with Gasteiger partial charge in [0, 0.05) is 34.6 Å². The second kappa shape index (κ2) is 22.1. The van der Waals surface area contributed by atoms with Crippen LogP contribution in [-0.4, -0.2) is 111 Å². The quantitative estimate of drug-likeness (QED) is 0.144. The van der Waals surface area contributed by atoms with Gasteiger partial charge in [0.05, 0.1) is 26.9 Å². The molecular weight excluding hydrogens is 786 g/mol. The van der Waals surface area contributed by atoms with Crippen LogP contribution >= 0.6 is 0 Å². The summed E-state index contributed by atoms with van der Waals surface area (Å²) in [6, 6.07) is 24.3. The van der Waals surface area contributed by atoms with Gasteiger partial charge in [0.1, 0.15) is 48.6 Å². The highest BCUT2D eigenvalue weighted by Crippen LogP contribution is 2.35. The molecule has 60 heavy (non-hydrogen) atoms. The van der Waals surface area contributed by atoms with E-state index >= 15 is 0 Å². The van der Waals surface area contributed by atoms with Crippen molar-refractivity contribution in [1.82, 2.24) is 5.32 Å². The van der Waals surface area contributed by atoms with Crippen LogP contribution in [0.2, 0.25) is 0 Å². The van der Waals surface area contributed by atoms with E-state index < -0.39 is 97.7 Å². The number of nitrogens with one attached hydrogen (secondary N) is 1. The Bertz CT molecular complexity index is 1860. The van der Waals surface area contributed by atoms with Crippen LogP contribution in [0.3, 0.4) is 0 Å². The van der Waals surface area contributed by atoms with E-state index in [2.05, 4.69) is 5.32 Å². The Morgan fingerprint density at radius 1 is 0.567 bits per heavy atom. The summed E-state index contributed by atoms with van der Waals surface area (Å²) in [6.07, 6.45) is -12.1. The first-order valence-electron chi connectivity index (χ1n) is 19.3. The van der Waals surface area contributed by atoms with Gasteiger partial charge in [0.2, 0.25) is 12.2 Å². The van der Waals surface area contributed by atoms with Gasteiger partial charge in [-0.25, -0.2) is 0 Å². The summed E-state index contributed by atoms with van der Waals surface area (Å²) in [5.41, 5.74) is 1.64. The fourth-order valence-corrected chi connectivity index (χ4v) is 6.76.